The molecule has 5 nitrogen and oxygen atoms in total. The Hall–Kier alpha value is -0.400. The van der Waals surface area contributed by atoms with E-state index in [0.29, 0.717) is 11.0 Å². The molecule has 1 heterocycles. The molecule has 1 N–H and O–H groups in total. The number of rotatable bonds is 2. The second-order valence-electron chi connectivity index (χ2n) is 2.85. The van der Waals surface area contributed by atoms with Crippen LogP contribution in [0.25, 0.3) is 11.0 Å². The van der Waals surface area contributed by atoms with Gasteiger partial charge in [0.25, 0.3) is 10.1 Å². The Labute approximate surface area is 108 Å². The molecule has 0 aliphatic heterocycles. The first-order valence-electron chi connectivity index (χ1n) is 3.85. The Kier molecular flexibility index (Phi) is 3.91. The third kappa shape index (κ3) is 3.02. The van der Waals surface area contributed by atoms with Gasteiger partial charge >= 0.3 is 29.6 Å². The molecule has 0 aliphatic carbocycles. The number of benzene rings is 1. The Balaban J connectivity index is 0.00000112. The van der Waals surface area contributed by atoms with Crippen molar-refractivity contribution >= 4 is 50.6 Å². The quantitative estimate of drug-likeness (QED) is 0.610. The van der Waals surface area contributed by atoms with Gasteiger partial charge in [-0.05, 0) is 12.1 Å². The van der Waals surface area contributed by atoms with Gasteiger partial charge in [-0.1, -0.05) is 17.3 Å². The fourth-order valence-corrected chi connectivity index (χ4v) is 1.77. The molecule has 0 unspecified atom stereocenters. The molecular weight excluding hydrogens is 229 g/mol. The summed E-state index contributed by atoms with van der Waals surface area (Å²) in [6.45, 7) is 0. The van der Waals surface area contributed by atoms with Crippen LogP contribution < -0.4 is 0 Å². The van der Waals surface area contributed by atoms with Gasteiger partial charge in [-0.3, -0.25) is 4.55 Å². The Bertz CT molecular complexity index is 563. The van der Waals surface area contributed by atoms with Gasteiger partial charge in [0.15, 0.2) is 5.58 Å². The molecule has 1 aromatic heterocycles. The average Bonchev–Trinajstić information content (AvgIpc) is 2.47. The SMILES string of the molecule is O=S(=O)(O)Cc1noc2ccccc12.[NaH]. The maximum atomic E-state index is 10.6. The second-order valence-corrected chi connectivity index (χ2v) is 4.30. The normalized spacial score (nSPS) is 11.3. The van der Waals surface area contributed by atoms with E-state index in [1.165, 1.54) is 0 Å². The molecule has 15 heavy (non-hydrogen) atoms. The molecule has 76 valence electrons. The van der Waals surface area contributed by atoms with E-state index in [9.17, 15) is 8.42 Å². The maximum absolute atomic E-state index is 10.6. The third-order valence-corrected chi connectivity index (χ3v) is 2.41. The number of nitrogens with zero attached hydrogens (tertiary/aromatic N) is 1. The van der Waals surface area contributed by atoms with Gasteiger partial charge < -0.3 is 4.52 Å². The topological polar surface area (TPSA) is 80.4 Å². The van der Waals surface area contributed by atoms with E-state index < -0.39 is 15.9 Å². The number of fused-ring (bicyclic) bond motifs is 1. The predicted molar refractivity (Wildman–Crippen MR) is 56.4 cm³/mol. The van der Waals surface area contributed by atoms with Crippen molar-refractivity contribution in [1.29, 1.82) is 0 Å². The molecular formula is C8H8NNaO4S. The number of para-hydroxylation sites is 1. The molecule has 0 aliphatic rings. The monoisotopic (exact) mass is 237 g/mol. The molecule has 0 bridgehead atoms. The van der Waals surface area contributed by atoms with Crippen molar-refractivity contribution in [2.24, 2.45) is 0 Å². The van der Waals surface area contributed by atoms with Crippen LogP contribution in [0.4, 0.5) is 0 Å². The summed E-state index contributed by atoms with van der Waals surface area (Å²) in [7, 11) is -4.06. The van der Waals surface area contributed by atoms with Crippen molar-refractivity contribution in [1.82, 2.24) is 5.16 Å². The number of hydrogen-bond acceptors (Lipinski definition) is 4. The van der Waals surface area contributed by atoms with Gasteiger partial charge in [0, 0.05) is 5.39 Å². The standard InChI is InChI=1S/C8H7NO4S.Na.H/c10-14(11,12)5-7-6-3-1-2-4-8(6)13-9-7;;/h1-4H,5H2,(H,10,11,12);;. The molecule has 0 saturated carbocycles. The van der Waals surface area contributed by atoms with Crippen LogP contribution in [-0.4, -0.2) is 47.7 Å². The van der Waals surface area contributed by atoms with E-state index in [0.717, 1.165) is 0 Å². The van der Waals surface area contributed by atoms with Crippen molar-refractivity contribution in [2.45, 2.75) is 5.75 Å². The summed E-state index contributed by atoms with van der Waals surface area (Å²) in [6.07, 6.45) is 0. The van der Waals surface area contributed by atoms with Gasteiger partial charge in [0.05, 0.1) is 0 Å². The van der Waals surface area contributed by atoms with Crippen molar-refractivity contribution in [3.05, 3.63) is 30.0 Å². The summed E-state index contributed by atoms with van der Waals surface area (Å²) >= 11 is 0. The fraction of sp³-hybridized carbons (Fsp3) is 0.125. The Morgan fingerprint density at radius 1 is 1.33 bits per heavy atom. The van der Waals surface area contributed by atoms with Crippen molar-refractivity contribution in [3.63, 3.8) is 0 Å². The van der Waals surface area contributed by atoms with Crippen molar-refractivity contribution < 1.29 is 17.5 Å². The molecule has 1 aromatic carbocycles. The van der Waals surface area contributed by atoms with E-state index in [-0.39, 0.29) is 35.3 Å². The summed E-state index contributed by atoms with van der Waals surface area (Å²) in [4.78, 5) is 0. The summed E-state index contributed by atoms with van der Waals surface area (Å²) in [5, 5.41) is 4.17. The summed E-state index contributed by atoms with van der Waals surface area (Å²) in [6, 6.07) is 6.86. The van der Waals surface area contributed by atoms with E-state index in [1.807, 2.05) is 0 Å². The molecule has 2 rings (SSSR count). The van der Waals surface area contributed by atoms with E-state index >= 15 is 0 Å². The fourth-order valence-electron chi connectivity index (χ4n) is 1.21. The molecule has 0 fully saturated rings. The zero-order chi connectivity index (χ0) is 10.2. The van der Waals surface area contributed by atoms with Crippen LogP contribution in [0.1, 0.15) is 5.69 Å². The summed E-state index contributed by atoms with van der Waals surface area (Å²) in [5.41, 5.74) is 0.731. The number of hydrogen-bond donors (Lipinski definition) is 1. The molecule has 2 aromatic rings. The average molecular weight is 237 g/mol. The molecule has 7 heteroatoms. The van der Waals surface area contributed by atoms with E-state index in [1.54, 1.807) is 24.3 Å². The van der Waals surface area contributed by atoms with Crippen LogP contribution in [0.15, 0.2) is 28.8 Å². The van der Waals surface area contributed by atoms with Crippen LogP contribution >= 0.6 is 0 Å². The minimum absolute atomic E-state index is 0. The minimum atomic E-state index is -4.06. The second kappa shape index (κ2) is 4.63. The van der Waals surface area contributed by atoms with Gasteiger partial charge in [-0.15, -0.1) is 0 Å². The Morgan fingerprint density at radius 3 is 2.67 bits per heavy atom. The van der Waals surface area contributed by atoms with Gasteiger partial charge in [0.2, 0.25) is 0 Å². The molecule has 0 spiro atoms. The Morgan fingerprint density at radius 2 is 2.00 bits per heavy atom. The predicted octanol–water partition coefficient (Wildman–Crippen LogP) is 0.567. The van der Waals surface area contributed by atoms with Crippen LogP contribution in [-0.2, 0) is 15.9 Å². The van der Waals surface area contributed by atoms with E-state index in [4.69, 9.17) is 9.08 Å². The zero-order valence-corrected chi connectivity index (χ0v) is 7.86. The summed E-state index contributed by atoms with van der Waals surface area (Å²) < 4.78 is 34.7. The van der Waals surface area contributed by atoms with Crippen LogP contribution in [0.2, 0.25) is 0 Å². The van der Waals surface area contributed by atoms with Crippen LogP contribution in [0, 0.1) is 0 Å². The molecule has 0 amide bonds. The van der Waals surface area contributed by atoms with Crippen LogP contribution in [0.5, 0.6) is 0 Å². The van der Waals surface area contributed by atoms with Gasteiger partial charge in [-0.25, -0.2) is 0 Å². The molecule has 0 radical (unpaired) electrons. The third-order valence-electron chi connectivity index (χ3n) is 1.77. The van der Waals surface area contributed by atoms with Crippen LogP contribution in [0.3, 0.4) is 0 Å². The molecule has 0 saturated heterocycles. The zero-order valence-electron chi connectivity index (χ0n) is 7.04. The van der Waals surface area contributed by atoms with Crippen molar-refractivity contribution in [3.8, 4) is 0 Å². The first-order chi connectivity index (χ1) is 6.56. The number of aromatic nitrogens is 1. The van der Waals surface area contributed by atoms with Crippen molar-refractivity contribution in [2.75, 3.05) is 0 Å². The van der Waals surface area contributed by atoms with Gasteiger partial charge in [-0.2, -0.15) is 8.42 Å². The first-order valence-corrected chi connectivity index (χ1v) is 5.45. The van der Waals surface area contributed by atoms with E-state index in [2.05, 4.69) is 5.16 Å². The molecule has 0 atom stereocenters. The van der Waals surface area contributed by atoms with Gasteiger partial charge in [0.1, 0.15) is 11.4 Å². The first kappa shape index (κ1) is 12.7. The summed E-state index contributed by atoms with van der Waals surface area (Å²) in [5.74, 6) is -0.524.